The molecule has 0 spiro atoms. The van der Waals surface area contributed by atoms with Gasteiger partial charge in [0.15, 0.2) is 8.68 Å². The van der Waals surface area contributed by atoms with Gasteiger partial charge in [0.05, 0.1) is 5.75 Å². The number of rotatable bonds is 5. The molecule has 3 aromatic heterocycles. The first-order valence-electron chi connectivity index (χ1n) is 5.33. The van der Waals surface area contributed by atoms with E-state index in [0.29, 0.717) is 0 Å². The third kappa shape index (κ3) is 3.08. The van der Waals surface area contributed by atoms with E-state index < -0.39 is 0 Å². The van der Waals surface area contributed by atoms with Gasteiger partial charge in [0.2, 0.25) is 5.91 Å². The largest absolute Gasteiger partial charge is 0.369 e. The molecule has 1 amide bonds. The number of carbonyl (C=O) groups is 1. The zero-order valence-corrected chi connectivity index (χ0v) is 13.1. The van der Waals surface area contributed by atoms with Crippen molar-refractivity contribution < 1.29 is 4.79 Å². The maximum absolute atomic E-state index is 10.7. The van der Waals surface area contributed by atoms with Gasteiger partial charge in [0.25, 0.3) is 0 Å². The number of carbonyl (C=O) groups excluding carboxylic acids is 1. The molecule has 0 aliphatic carbocycles. The van der Waals surface area contributed by atoms with Crippen LogP contribution >= 0.6 is 46.2 Å². The van der Waals surface area contributed by atoms with Crippen molar-refractivity contribution in [2.45, 2.75) is 13.7 Å². The van der Waals surface area contributed by atoms with E-state index in [1.807, 2.05) is 11.4 Å². The summed E-state index contributed by atoms with van der Waals surface area (Å²) < 4.78 is 1.50. The third-order valence-corrected chi connectivity index (χ3v) is 6.10. The van der Waals surface area contributed by atoms with Gasteiger partial charge in [-0.3, -0.25) is 4.79 Å². The number of thiophene rings is 1. The van der Waals surface area contributed by atoms with E-state index in [9.17, 15) is 4.79 Å². The van der Waals surface area contributed by atoms with Gasteiger partial charge < -0.3 is 5.73 Å². The highest BCUT2D eigenvalue weighted by molar-refractivity contribution is 8.03. The summed E-state index contributed by atoms with van der Waals surface area (Å²) in [5.74, 6) is -0.156. The number of hydrogen-bond acceptors (Lipinski definition) is 9. The van der Waals surface area contributed by atoms with Crippen LogP contribution in [-0.4, -0.2) is 31.8 Å². The molecule has 0 unspecified atom stereocenters. The Morgan fingerprint density at radius 3 is 3.00 bits per heavy atom. The summed E-state index contributed by atoms with van der Waals surface area (Å²) in [6.07, 6.45) is 1.55. The van der Waals surface area contributed by atoms with Gasteiger partial charge in [-0.1, -0.05) is 23.1 Å². The SMILES string of the molecule is NC(=O)CSc1nnc(Sc2ncnc3sccc23)s1. The molecule has 0 atom stereocenters. The summed E-state index contributed by atoms with van der Waals surface area (Å²) in [4.78, 5) is 20.2. The second-order valence-corrected chi connectivity index (χ2v) is 7.84. The van der Waals surface area contributed by atoms with Gasteiger partial charge >= 0.3 is 0 Å². The van der Waals surface area contributed by atoms with Crippen LogP contribution in [0.4, 0.5) is 0 Å². The number of fused-ring (bicyclic) bond motifs is 1. The van der Waals surface area contributed by atoms with Crippen molar-refractivity contribution in [1.29, 1.82) is 0 Å². The fourth-order valence-electron chi connectivity index (χ4n) is 1.36. The van der Waals surface area contributed by atoms with E-state index in [-0.39, 0.29) is 11.7 Å². The van der Waals surface area contributed by atoms with Crippen LogP contribution in [0.25, 0.3) is 10.2 Å². The van der Waals surface area contributed by atoms with Crippen molar-refractivity contribution >= 4 is 62.3 Å². The van der Waals surface area contributed by atoms with Gasteiger partial charge in [-0.05, 0) is 23.2 Å². The van der Waals surface area contributed by atoms with Gasteiger partial charge in [-0.15, -0.1) is 21.5 Å². The highest BCUT2D eigenvalue weighted by Crippen LogP contribution is 2.36. The van der Waals surface area contributed by atoms with E-state index in [0.717, 1.165) is 23.9 Å². The lowest BCUT2D eigenvalue weighted by Crippen LogP contribution is -2.12. The Labute approximate surface area is 130 Å². The number of thioether (sulfide) groups is 1. The van der Waals surface area contributed by atoms with Gasteiger partial charge in [0.1, 0.15) is 16.2 Å². The monoisotopic (exact) mass is 341 g/mol. The van der Waals surface area contributed by atoms with E-state index in [1.54, 1.807) is 17.7 Å². The molecule has 3 aromatic rings. The van der Waals surface area contributed by atoms with Crippen LogP contribution in [-0.2, 0) is 4.79 Å². The maximum Gasteiger partial charge on any atom is 0.227 e. The van der Waals surface area contributed by atoms with Crippen LogP contribution in [0.2, 0.25) is 0 Å². The topological polar surface area (TPSA) is 94.7 Å². The molecule has 0 bridgehead atoms. The molecule has 20 heavy (non-hydrogen) atoms. The lowest BCUT2D eigenvalue weighted by atomic mass is 10.4. The third-order valence-electron chi connectivity index (χ3n) is 2.13. The Kier molecular flexibility index (Phi) is 4.15. The Bertz CT molecular complexity index is 755. The van der Waals surface area contributed by atoms with Crippen LogP contribution in [0, 0.1) is 0 Å². The molecule has 0 radical (unpaired) electrons. The van der Waals surface area contributed by atoms with E-state index in [1.165, 1.54) is 34.9 Å². The molecule has 0 saturated heterocycles. The van der Waals surface area contributed by atoms with Crippen LogP contribution in [0.3, 0.4) is 0 Å². The average molecular weight is 341 g/mol. The number of nitrogens with zero attached hydrogens (tertiary/aromatic N) is 4. The molecule has 2 N–H and O–H groups in total. The molecule has 102 valence electrons. The quantitative estimate of drug-likeness (QED) is 0.562. The molecule has 0 aliphatic heterocycles. The second kappa shape index (κ2) is 6.04. The van der Waals surface area contributed by atoms with Crippen molar-refractivity contribution in [3.63, 3.8) is 0 Å². The summed E-state index contributed by atoms with van der Waals surface area (Å²) in [6, 6.07) is 1.99. The minimum atomic E-state index is -0.366. The first kappa shape index (κ1) is 13.7. The lowest BCUT2D eigenvalue weighted by molar-refractivity contribution is -0.115. The van der Waals surface area contributed by atoms with Gasteiger partial charge in [-0.2, -0.15) is 0 Å². The molecule has 0 fully saturated rings. The Morgan fingerprint density at radius 2 is 2.15 bits per heavy atom. The number of hydrogen-bond donors (Lipinski definition) is 1. The highest BCUT2D eigenvalue weighted by atomic mass is 32.2. The zero-order chi connectivity index (χ0) is 13.9. The van der Waals surface area contributed by atoms with Gasteiger partial charge in [0, 0.05) is 5.39 Å². The van der Waals surface area contributed by atoms with Crippen LogP contribution < -0.4 is 5.73 Å². The van der Waals surface area contributed by atoms with Crippen LogP contribution in [0.5, 0.6) is 0 Å². The van der Waals surface area contributed by atoms with E-state index >= 15 is 0 Å². The summed E-state index contributed by atoms with van der Waals surface area (Å²) in [5.41, 5.74) is 5.10. The molecule has 3 heterocycles. The molecular formula is C10H7N5OS4. The van der Waals surface area contributed by atoms with E-state index in [4.69, 9.17) is 5.73 Å². The zero-order valence-electron chi connectivity index (χ0n) is 9.85. The predicted octanol–water partition coefficient (Wildman–Crippen LogP) is 2.27. The summed E-state index contributed by atoms with van der Waals surface area (Å²) in [5, 5.41) is 12.0. The molecule has 3 rings (SSSR count). The number of aromatic nitrogens is 4. The molecule has 0 saturated carbocycles. The predicted molar refractivity (Wildman–Crippen MR) is 81.4 cm³/mol. The molecule has 6 nitrogen and oxygen atoms in total. The van der Waals surface area contributed by atoms with Crippen molar-refractivity contribution in [2.24, 2.45) is 5.73 Å². The van der Waals surface area contributed by atoms with Crippen LogP contribution in [0.1, 0.15) is 0 Å². The number of primary amides is 1. The highest BCUT2D eigenvalue weighted by Gasteiger charge is 2.11. The summed E-state index contributed by atoms with van der Waals surface area (Å²) in [7, 11) is 0. The Hall–Kier alpha value is -1.23. The molecule has 10 heteroatoms. The smallest absolute Gasteiger partial charge is 0.227 e. The van der Waals surface area contributed by atoms with Crippen molar-refractivity contribution in [3.05, 3.63) is 17.8 Å². The molecule has 0 aliphatic rings. The van der Waals surface area contributed by atoms with Gasteiger partial charge in [-0.25, -0.2) is 9.97 Å². The van der Waals surface area contributed by atoms with Crippen LogP contribution in [0.15, 0.2) is 31.5 Å². The lowest BCUT2D eigenvalue weighted by Gasteiger charge is -1.96. The fraction of sp³-hybridized carbons (Fsp3) is 0.100. The van der Waals surface area contributed by atoms with Crippen molar-refractivity contribution in [1.82, 2.24) is 20.2 Å². The minimum Gasteiger partial charge on any atom is -0.369 e. The Balaban J connectivity index is 1.77. The Morgan fingerprint density at radius 1 is 1.30 bits per heavy atom. The molecular weight excluding hydrogens is 334 g/mol. The maximum atomic E-state index is 10.7. The number of amides is 1. The summed E-state index contributed by atoms with van der Waals surface area (Å²) >= 11 is 5.74. The normalized spacial score (nSPS) is 11.0. The molecule has 0 aromatic carbocycles. The fourth-order valence-corrected chi connectivity index (χ4v) is 4.90. The first-order chi connectivity index (χ1) is 9.72. The second-order valence-electron chi connectivity index (χ2n) is 3.51. The minimum absolute atomic E-state index is 0.210. The first-order valence-corrected chi connectivity index (χ1v) is 8.83. The standard InChI is InChI=1S/C10H7N5OS4/c11-6(16)3-18-9-14-15-10(20-9)19-8-5-1-2-17-7(5)12-4-13-8/h1-2,4H,3H2,(H2,11,16). The van der Waals surface area contributed by atoms with E-state index in [2.05, 4.69) is 20.2 Å². The average Bonchev–Trinajstić information content (AvgIpc) is 3.05. The summed E-state index contributed by atoms with van der Waals surface area (Å²) in [6.45, 7) is 0. The van der Waals surface area contributed by atoms with Crippen molar-refractivity contribution in [3.8, 4) is 0 Å². The van der Waals surface area contributed by atoms with Crippen molar-refractivity contribution in [2.75, 3.05) is 5.75 Å². The number of nitrogens with two attached hydrogens (primary N) is 1.